The lowest BCUT2D eigenvalue weighted by atomic mass is 9.96. The summed E-state index contributed by atoms with van der Waals surface area (Å²) >= 11 is 1.57. The van der Waals surface area contributed by atoms with Gasteiger partial charge in [0.25, 0.3) is 5.91 Å². The van der Waals surface area contributed by atoms with Gasteiger partial charge in [-0.25, -0.2) is 0 Å². The van der Waals surface area contributed by atoms with Gasteiger partial charge < -0.3 is 10.0 Å². The van der Waals surface area contributed by atoms with E-state index in [2.05, 4.69) is 19.1 Å². The predicted octanol–water partition coefficient (Wildman–Crippen LogP) is 3.79. The van der Waals surface area contributed by atoms with Crippen molar-refractivity contribution in [1.82, 2.24) is 4.90 Å². The lowest BCUT2D eigenvalue weighted by Crippen LogP contribution is -2.40. The molecule has 0 unspecified atom stereocenters. The van der Waals surface area contributed by atoms with Gasteiger partial charge in [0.15, 0.2) is 0 Å². The van der Waals surface area contributed by atoms with Gasteiger partial charge in [-0.1, -0.05) is 31.5 Å². The Morgan fingerprint density at radius 2 is 1.96 bits per heavy atom. The van der Waals surface area contributed by atoms with E-state index in [4.69, 9.17) is 5.11 Å². The van der Waals surface area contributed by atoms with Crippen molar-refractivity contribution in [3.8, 4) is 0 Å². The molecule has 3 rings (SSSR count). The number of aliphatic carboxylic acids is 1. The van der Waals surface area contributed by atoms with E-state index in [9.17, 15) is 9.59 Å². The van der Waals surface area contributed by atoms with Crippen LogP contribution in [0.25, 0.3) is 10.1 Å². The minimum Gasteiger partial charge on any atom is -0.481 e. The molecule has 122 valence electrons. The van der Waals surface area contributed by atoms with Crippen molar-refractivity contribution in [3.63, 3.8) is 0 Å². The molecule has 1 aliphatic rings. The maximum atomic E-state index is 12.9. The predicted molar refractivity (Wildman–Crippen MR) is 92.1 cm³/mol. The summed E-state index contributed by atoms with van der Waals surface area (Å²) in [4.78, 5) is 26.6. The molecule has 1 aliphatic heterocycles. The highest BCUT2D eigenvalue weighted by atomic mass is 32.1. The highest BCUT2D eigenvalue weighted by molar-refractivity contribution is 7.21. The first-order valence-corrected chi connectivity index (χ1v) is 8.96. The van der Waals surface area contributed by atoms with Crippen molar-refractivity contribution in [2.24, 2.45) is 5.92 Å². The van der Waals surface area contributed by atoms with Gasteiger partial charge in [0.2, 0.25) is 0 Å². The zero-order chi connectivity index (χ0) is 16.4. The number of likely N-dealkylation sites (tertiary alicyclic amines) is 1. The number of carbonyl (C=O) groups excluding carboxylic acids is 1. The number of benzene rings is 1. The summed E-state index contributed by atoms with van der Waals surface area (Å²) in [6, 6.07) is 8.17. The van der Waals surface area contributed by atoms with Gasteiger partial charge >= 0.3 is 5.97 Å². The Kier molecular flexibility index (Phi) is 4.66. The molecular weight excluding hydrogens is 310 g/mol. The van der Waals surface area contributed by atoms with E-state index in [0.717, 1.165) is 28.0 Å². The molecule has 4 nitrogen and oxygen atoms in total. The van der Waals surface area contributed by atoms with E-state index in [1.165, 1.54) is 5.39 Å². The van der Waals surface area contributed by atoms with Crippen molar-refractivity contribution in [3.05, 3.63) is 34.7 Å². The number of carboxylic acids is 1. The number of carboxylic acid groups (broad SMARTS) is 1. The number of carbonyl (C=O) groups is 2. The van der Waals surface area contributed by atoms with Gasteiger partial charge in [-0.05, 0) is 36.3 Å². The number of aryl methyl sites for hydroxylation is 1. The molecule has 1 saturated heterocycles. The third-order valence-corrected chi connectivity index (χ3v) is 5.72. The molecule has 1 aromatic carbocycles. The van der Waals surface area contributed by atoms with Crippen molar-refractivity contribution in [2.45, 2.75) is 32.6 Å². The SMILES string of the molecule is CCCc1c(C(=O)N2CCC(C(=O)O)CC2)sc2ccccc12. The molecule has 1 amide bonds. The van der Waals surface area contributed by atoms with Crippen LogP contribution in [0.5, 0.6) is 0 Å². The van der Waals surface area contributed by atoms with E-state index in [-0.39, 0.29) is 11.8 Å². The highest BCUT2D eigenvalue weighted by Crippen LogP contribution is 2.34. The zero-order valence-electron chi connectivity index (χ0n) is 13.2. The summed E-state index contributed by atoms with van der Waals surface area (Å²) in [5.74, 6) is -0.985. The lowest BCUT2D eigenvalue weighted by Gasteiger charge is -2.30. The van der Waals surface area contributed by atoms with Crippen LogP contribution < -0.4 is 0 Å². The smallest absolute Gasteiger partial charge is 0.306 e. The lowest BCUT2D eigenvalue weighted by molar-refractivity contribution is -0.143. The summed E-state index contributed by atoms with van der Waals surface area (Å²) in [5, 5.41) is 10.3. The van der Waals surface area contributed by atoms with Crippen LogP contribution in [0.4, 0.5) is 0 Å². The summed E-state index contributed by atoms with van der Waals surface area (Å²) in [6.45, 7) is 3.20. The topological polar surface area (TPSA) is 57.6 Å². The second-order valence-electron chi connectivity index (χ2n) is 6.06. The molecule has 5 heteroatoms. The van der Waals surface area contributed by atoms with Crippen molar-refractivity contribution in [2.75, 3.05) is 13.1 Å². The van der Waals surface area contributed by atoms with Crippen LogP contribution in [0, 0.1) is 5.92 Å². The Morgan fingerprint density at radius 3 is 2.61 bits per heavy atom. The largest absolute Gasteiger partial charge is 0.481 e. The number of amides is 1. The summed E-state index contributed by atoms with van der Waals surface area (Å²) in [7, 11) is 0. The van der Waals surface area contributed by atoms with Gasteiger partial charge in [0.05, 0.1) is 10.8 Å². The molecule has 0 saturated carbocycles. The maximum absolute atomic E-state index is 12.9. The molecular formula is C18H21NO3S. The molecule has 0 spiro atoms. The van der Waals surface area contributed by atoms with E-state index in [0.29, 0.717) is 25.9 Å². The summed E-state index contributed by atoms with van der Waals surface area (Å²) < 4.78 is 1.15. The Morgan fingerprint density at radius 1 is 1.26 bits per heavy atom. The molecule has 2 aromatic rings. The first-order valence-electron chi connectivity index (χ1n) is 8.14. The van der Waals surface area contributed by atoms with Gasteiger partial charge in [-0.3, -0.25) is 9.59 Å². The van der Waals surface area contributed by atoms with Crippen molar-refractivity contribution in [1.29, 1.82) is 0 Å². The number of nitrogens with zero attached hydrogens (tertiary/aromatic N) is 1. The van der Waals surface area contributed by atoms with Crippen LogP contribution in [0.2, 0.25) is 0 Å². The number of hydrogen-bond donors (Lipinski definition) is 1. The highest BCUT2D eigenvalue weighted by Gasteiger charge is 2.29. The van der Waals surface area contributed by atoms with Crippen LogP contribution in [0.3, 0.4) is 0 Å². The van der Waals surface area contributed by atoms with E-state index >= 15 is 0 Å². The van der Waals surface area contributed by atoms with Crippen LogP contribution in [0.1, 0.15) is 41.4 Å². The Hall–Kier alpha value is -1.88. The van der Waals surface area contributed by atoms with E-state index in [1.807, 2.05) is 17.0 Å². The van der Waals surface area contributed by atoms with Crippen LogP contribution in [0.15, 0.2) is 24.3 Å². The quantitative estimate of drug-likeness (QED) is 0.927. The molecule has 1 N–H and O–H groups in total. The van der Waals surface area contributed by atoms with Crippen LogP contribution in [-0.4, -0.2) is 35.0 Å². The van der Waals surface area contributed by atoms with Gasteiger partial charge in [0.1, 0.15) is 0 Å². The monoisotopic (exact) mass is 331 g/mol. The second-order valence-corrected chi connectivity index (χ2v) is 7.11. The van der Waals surface area contributed by atoms with Crippen LogP contribution >= 0.6 is 11.3 Å². The van der Waals surface area contributed by atoms with E-state index < -0.39 is 5.97 Å². The first kappa shape index (κ1) is 16.0. The standard InChI is InChI=1S/C18H21NO3S/c1-2-5-14-13-6-3-4-7-15(13)23-16(14)17(20)19-10-8-12(9-11-19)18(21)22/h3-4,6-7,12H,2,5,8-11H2,1H3,(H,21,22). The molecule has 0 aliphatic carbocycles. The fourth-order valence-electron chi connectivity index (χ4n) is 3.24. The van der Waals surface area contributed by atoms with Gasteiger partial charge in [-0.15, -0.1) is 11.3 Å². The summed E-state index contributed by atoms with van der Waals surface area (Å²) in [5.41, 5.74) is 1.15. The second kappa shape index (κ2) is 6.71. The number of hydrogen-bond acceptors (Lipinski definition) is 3. The van der Waals surface area contributed by atoms with Crippen molar-refractivity contribution >= 4 is 33.3 Å². The Bertz CT molecular complexity index is 729. The minimum atomic E-state index is -0.745. The molecule has 0 bridgehead atoms. The number of thiophene rings is 1. The summed E-state index contributed by atoms with van der Waals surface area (Å²) in [6.07, 6.45) is 3.00. The molecule has 0 radical (unpaired) electrons. The zero-order valence-corrected chi connectivity index (χ0v) is 14.1. The molecule has 23 heavy (non-hydrogen) atoms. The minimum absolute atomic E-state index is 0.0680. The van der Waals surface area contributed by atoms with E-state index in [1.54, 1.807) is 11.3 Å². The van der Waals surface area contributed by atoms with Gasteiger partial charge in [0, 0.05) is 17.8 Å². The fourth-order valence-corrected chi connectivity index (χ4v) is 4.46. The average Bonchev–Trinajstić information content (AvgIpc) is 2.93. The van der Waals surface area contributed by atoms with Crippen molar-refractivity contribution < 1.29 is 14.7 Å². The van der Waals surface area contributed by atoms with Gasteiger partial charge in [-0.2, -0.15) is 0 Å². The molecule has 1 aromatic heterocycles. The number of piperidine rings is 1. The molecule has 1 fully saturated rings. The molecule has 0 atom stereocenters. The third-order valence-electron chi connectivity index (χ3n) is 4.52. The first-order chi connectivity index (χ1) is 11.1. The maximum Gasteiger partial charge on any atom is 0.306 e. The third kappa shape index (κ3) is 3.11. The molecule has 2 heterocycles. The fraction of sp³-hybridized carbons (Fsp3) is 0.444. The average molecular weight is 331 g/mol. The number of fused-ring (bicyclic) bond motifs is 1. The normalized spacial score (nSPS) is 16.0. The van der Waals surface area contributed by atoms with Crippen LogP contribution in [-0.2, 0) is 11.2 Å². The Balaban J connectivity index is 1.86. The number of rotatable bonds is 4. The Labute approximate surface area is 139 Å².